The Labute approximate surface area is 105 Å². The van der Waals surface area contributed by atoms with Gasteiger partial charge in [-0.3, -0.25) is 0 Å². The van der Waals surface area contributed by atoms with Crippen LogP contribution in [-0.2, 0) is 0 Å². The monoisotopic (exact) mass is 235 g/mol. The predicted molar refractivity (Wildman–Crippen MR) is 74.5 cm³/mol. The molecule has 1 aromatic carbocycles. The van der Waals surface area contributed by atoms with Gasteiger partial charge in [0.05, 0.1) is 0 Å². The Morgan fingerprint density at radius 2 is 1.88 bits per heavy atom. The molecule has 1 aliphatic heterocycles. The molecule has 0 unspecified atom stereocenters. The number of likely N-dealkylation sites (N-methyl/N-ethyl adjacent to an activating group) is 2. The van der Waals surface area contributed by atoms with Gasteiger partial charge in [0.2, 0.25) is 0 Å². The van der Waals surface area contributed by atoms with Gasteiger partial charge in [0.25, 0.3) is 0 Å². The van der Waals surface area contributed by atoms with Crippen molar-refractivity contribution in [2.45, 2.75) is 5.92 Å². The number of benzene rings is 1. The first-order valence-corrected chi connectivity index (χ1v) is 6.29. The highest BCUT2D eigenvalue weighted by atomic mass is 15.1. The molecule has 1 heterocycles. The van der Waals surface area contributed by atoms with E-state index in [-0.39, 0.29) is 0 Å². The molecule has 2 N–H and O–H groups in total. The van der Waals surface area contributed by atoms with Crippen LogP contribution in [0.3, 0.4) is 0 Å². The Hall–Kier alpha value is -0.900. The molecule has 0 aliphatic carbocycles. The number of nitrogens with one attached hydrogen (secondary N) is 2. The van der Waals surface area contributed by atoms with Crippen LogP contribution in [0, 0.1) is 0 Å². The molecule has 0 bridgehead atoms. The summed E-state index contributed by atoms with van der Waals surface area (Å²) in [6.45, 7) is 4.51. The van der Waals surface area contributed by atoms with Crippen LogP contribution in [0.1, 0.15) is 11.5 Å². The number of hydrogen-bond donors (Lipinski definition) is 2. The molecule has 1 saturated heterocycles. The second-order valence-electron chi connectivity index (χ2n) is 4.67. The third-order valence-corrected chi connectivity index (χ3v) is 2.86. The maximum atomic E-state index is 3.26. The molecule has 0 amide bonds. The lowest BCUT2D eigenvalue weighted by Crippen LogP contribution is -2.39. The van der Waals surface area contributed by atoms with Gasteiger partial charge in [-0.1, -0.05) is 30.3 Å². The second kappa shape index (κ2) is 8.23. The van der Waals surface area contributed by atoms with Gasteiger partial charge in [-0.05, 0) is 26.7 Å². The molecule has 1 fully saturated rings. The fraction of sp³-hybridized carbons (Fsp3) is 0.571. The highest BCUT2D eigenvalue weighted by molar-refractivity contribution is 5.22. The molecule has 0 aromatic heterocycles. The third kappa shape index (κ3) is 5.82. The van der Waals surface area contributed by atoms with E-state index in [0.29, 0.717) is 0 Å². The van der Waals surface area contributed by atoms with Crippen molar-refractivity contribution in [2.75, 3.05) is 47.3 Å². The zero-order valence-electron chi connectivity index (χ0n) is 11.2. The molecule has 96 valence electrons. The first-order chi connectivity index (χ1) is 8.24. The van der Waals surface area contributed by atoms with Gasteiger partial charge in [-0.25, -0.2) is 0 Å². The Bertz CT molecular complexity index is 281. The van der Waals surface area contributed by atoms with E-state index in [4.69, 9.17) is 0 Å². The standard InChI is InChI=1S/C9H11N.C5H14N2/c1-2-4-8(5-3-1)9-6-10-7-9;1-6-4-5-7(2)3/h1-5,9-10H,6-7H2;6H,4-5H2,1-3H3. The van der Waals surface area contributed by atoms with Gasteiger partial charge in [-0.2, -0.15) is 0 Å². The fourth-order valence-electron chi connectivity index (χ4n) is 1.58. The third-order valence-electron chi connectivity index (χ3n) is 2.86. The molecule has 1 aliphatic rings. The second-order valence-corrected chi connectivity index (χ2v) is 4.67. The molecular formula is C14H25N3. The van der Waals surface area contributed by atoms with Crippen LogP contribution >= 0.6 is 0 Å². The first kappa shape index (κ1) is 14.2. The molecule has 2 rings (SSSR count). The summed E-state index contributed by atoms with van der Waals surface area (Å²) in [7, 11) is 6.10. The minimum atomic E-state index is 0.779. The van der Waals surface area contributed by atoms with Crippen molar-refractivity contribution in [3.63, 3.8) is 0 Å². The lowest BCUT2D eigenvalue weighted by atomic mass is 9.94. The summed E-state index contributed by atoms with van der Waals surface area (Å²) in [6, 6.07) is 10.7. The molecule has 0 atom stereocenters. The van der Waals surface area contributed by atoms with Gasteiger partial charge >= 0.3 is 0 Å². The highest BCUT2D eigenvalue weighted by Crippen LogP contribution is 2.18. The van der Waals surface area contributed by atoms with Crippen molar-refractivity contribution in [3.8, 4) is 0 Å². The summed E-state index contributed by atoms with van der Waals surface area (Å²) in [5.41, 5.74) is 1.47. The van der Waals surface area contributed by atoms with Crippen molar-refractivity contribution >= 4 is 0 Å². The fourth-order valence-corrected chi connectivity index (χ4v) is 1.58. The van der Waals surface area contributed by atoms with E-state index >= 15 is 0 Å². The largest absolute Gasteiger partial charge is 0.318 e. The van der Waals surface area contributed by atoms with Crippen molar-refractivity contribution in [3.05, 3.63) is 35.9 Å². The minimum Gasteiger partial charge on any atom is -0.318 e. The zero-order chi connectivity index (χ0) is 12.5. The molecular weight excluding hydrogens is 210 g/mol. The molecule has 1 aromatic rings. The molecule has 0 saturated carbocycles. The lowest BCUT2D eigenvalue weighted by molar-refractivity contribution is 0.407. The summed E-state index contributed by atoms with van der Waals surface area (Å²) < 4.78 is 0. The Morgan fingerprint density at radius 1 is 1.24 bits per heavy atom. The van der Waals surface area contributed by atoms with Crippen LogP contribution in [0.2, 0.25) is 0 Å². The lowest BCUT2D eigenvalue weighted by Gasteiger charge is -2.27. The Morgan fingerprint density at radius 3 is 2.24 bits per heavy atom. The average molecular weight is 235 g/mol. The SMILES string of the molecule is CNCCN(C)C.c1ccc(C2CNC2)cc1. The number of nitrogens with zero attached hydrogens (tertiary/aromatic N) is 1. The van der Waals surface area contributed by atoms with E-state index in [2.05, 4.69) is 60.0 Å². The van der Waals surface area contributed by atoms with Gasteiger partial charge in [0, 0.05) is 32.1 Å². The zero-order valence-corrected chi connectivity index (χ0v) is 11.2. The summed E-state index contributed by atoms with van der Waals surface area (Å²) in [6.07, 6.45) is 0. The summed E-state index contributed by atoms with van der Waals surface area (Å²) >= 11 is 0. The Kier molecular flexibility index (Phi) is 6.86. The van der Waals surface area contributed by atoms with Crippen molar-refractivity contribution < 1.29 is 0 Å². The molecule has 0 radical (unpaired) electrons. The predicted octanol–water partition coefficient (Wildman–Crippen LogP) is 1.14. The Balaban J connectivity index is 0.000000185. The van der Waals surface area contributed by atoms with Crippen molar-refractivity contribution in [2.24, 2.45) is 0 Å². The van der Waals surface area contributed by atoms with Gasteiger partial charge in [0.1, 0.15) is 0 Å². The highest BCUT2D eigenvalue weighted by Gasteiger charge is 2.17. The van der Waals surface area contributed by atoms with E-state index in [0.717, 1.165) is 32.1 Å². The average Bonchev–Trinajstić information content (AvgIpc) is 2.26. The van der Waals surface area contributed by atoms with E-state index in [9.17, 15) is 0 Å². The normalized spacial score (nSPS) is 15.1. The van der Waals surface area contributed by atoms with Crippen LogP contribution in [0.25, 0.3) is 0 Å². The quantitative estimate of drug-likeness (QED) is 0.819. The van der Waals surface area contributed by atoms with E-state index < -0.39 is 0 Å². The van der Waals surface area contributed by atoms with Crippen molar-refractivity contribution in [1.29, 1.82) is 0 Å². The number of rotatable bonds is 4. The maximum Gasteiger partial charge on any atom is 0.0101 e. The van der Waals surface area contributed by atoms with Gasteiger partial charge in [0.15, 0.2) is 0 Å². The minimum absolute atomic E-state index is 0.779. The van der Waals surface area contributed by atoms with Crippen LogP contribution in [0.5, 0.6) is 0 Å². The number of hydrogen-bond acceptors (Lipinski definition) is 3. The van der Waals surface area contributed by atoms with E-state index in [1.54, 1.807) is 0 Å². The van der Waals surface area contributed by atoms with E-state index in [1.165, 1.54) is 5.56 Å². The smallest absolute Gasteiger partial charge is 0.0101 e. The van der Waals surface area contributed by atoms with Crippen LogP contribution in [0.4, 0.5) is 0 Å². The van der Waals surface area contributed by atoms with Crippen LogP contribution < -0.4 is 10.6 Å². The summed E-state index contributed by atoms with van der Waals surface area (Å²) in [4.78, 5) is 2.15. The van der Waals surface area contributed by atoms with Gasteiger partial charge < -0.3 is 15.5 Å². The van der Waals surface area contributed by atoms with Gasteiger partial charge in [-0.15, -0.1) is 0 Å². The summed E-state index contributed by atoms with van der Waals surface area (Å²) in [5.74, 6) is 0.779. The molecule has 0 spiro atoms. The van der Waals surface area contributed by atoms with Crippen LogP contribution in [-0.4, -0.2) is 52.2 Å². The topological polar surface area (TPSA) is 27.3 Å². The molecule has 17 heavy (non-hydrogen) atoms. The first-order valence-electron chi connectivity index (χ1n) is 6.29. The molecule has 3 nitrogen and oxygen atoms in total. The van der Waals surface area contributed by atoms with E-state index in [1.807, 2.05) is 7.05 Å². The summed E-state index contributed by atoms with van der Waals surface area (Å²) in [5, 5.41) is 6.32. The molecule has 3 heteroatoms. The van der Waals surface area contributed by atoms with Crippen molar-refractivity contribution in [1.82, 2.24) is 15.5 Å². The maximum absolute atomic E-state index is 3.26. The van der Waals surface area contributed by atoms with Crippen LogP contribution in [0.15, 0.2) is 30.3 Å².